The van der Waals surface area contributed by atoms with Crippen molar-refractivity contribution >= 4 is 28.9 Å². The van der Waals surface area contributed by atoms with E-state index in [2.05, 4.69) is 4.74 Å². The summed E-state index contributed by atoms with van der Waals surface area (Å²) >= 11 is 5.94. The van der Waals surface area contributed by atoms with Crippen molar-refractivity contribution in [2.24, 2.45) is 0 Å². The summed E-state index contributed by atoms with van der Waals surface area (Å²) in [5.41, 5.74) is 4.33. The molecule has 0 saturated heterocycles. The molecule has 0 spiro atoms. The second-order valence-corrected chi connectivity index (χ2v) is 4.70. The second kappa shape index (κ2) is 5.94. The fourth-order valence-electron chi connectivity index (χ4n) is 1.95. The molecule has 1 aromatic carbocycles. The molecule has 0 aliphatic rings. The third-order valence-electron chi connectivity index (χ3n) is 3.02. The highest BCUT2D eigenvalue weighted by Gasteiger charge is 2.25. The van der Waals surface area contributed by atoms with E-state index >= 15 is 0 Å². The van der Waals surface area contributed by atoms with E-state index in [-0.39, 0.29) is 27.7 Å². The molecular formula is C13H8ClFN4O4. The molecule has 0 unspecified atom stereocenters. The van der Waals surface area contributed by atoms with Gasteiger partial charge in [0.2, 0.25) is 5.82 Å². The van der Waals surface area contributed by atoms with Gasteiger partial charge in [-0.2, -0.15) is 9.65 Å². The van der Waals surface area contributed by atoms with Gasteiger partial charge in [0.05, 0.1) is 34.0 Å². The number of hydrogen-bond donors (Lipinski definition) is 1. The van der Waals surface area contributed by atoms with Crippen LogP contribution in [0.2, 0.25) is 5.02 Å². The van der Waals surface area contributed by atoms with Crippen molar-refractivity contribution in [1.29, 1.82) is 5.26 Å². The number of nitrogen functional groups attached to an aromatic ring is 1. The molecule has 118 valence electrons. The van der Waals surface area contributed by atoms with E-state index in [1.54, 1.807) is 6.07 Å². The van der Waals surface area contributed by atoms with E-state index in [1.165, 1.54) is 0 Å². The van der Waals surface area contributed by atoms with Gasteiger partial charge in [0.1, 0.15) is 6.07 Å². The van der Waals surface area contributed by atoms with E-state index in [1.807, 2.05) is 0 Å². The number of nitrogens with two attached hydrogens (primary N) is 1. The summed E-state index contributed by atoms with van der Waals surface area (Å²) in [6.45, 7) is 0. The van der Waals surface area contributed by atoms with Gasteiger partial charge >= 0.3 is 11.7 Å². The van der Waals surface area contributed by atoms with Gasteiger partial charge in [-0.1, -0.05) is 11.6 Å². The van der Waals surface area contributed by atoms with E-state index in [0.717, 1.165) is 30.0 Å². The predicted molar refractivity (Wildman–Crippen MR) is 77.9 cm³/mol. The van der Waals surface area contributed by atoms with Crippen molar-refractivity contribution < 1.29 is 18.8 Å². The smallest absolute Gasteiger partial charge is 0.357 e. The summed E-state index contributed by atoms with van der Waals surface area (Å²) in [4.78, 5) is 21.6. The molecule has 10 heteroatoms. The lowest BCUT2D eigenvalue weighted by atomic mass is 10.2. The average molecular weight is 339 g/mol. The largest absolute Gasteiger partial charge is 0.464 e. The Kier molecular flexibility index (Phi) is 4.20. The number of nitro groups is 1. The van der Waals surface area contributed by atoms with Crippen LogP contribution in [-0.4, -0.2) is 22.6 Å². The normalized spacial score (nSPS) is 10.2. The highest BCUT2D eigenvalue weighted by atomic mass is 35.5. The van der Waals surface area contributed by atoms with Crippen molar-refractivity contribution in [3.05, 3.63) is 50.5 Å². The van der Waals surface area contributed by atoms with E-state index in [9.17, 15) is 19.3 Å². The Balaban J connectivity index is 2.77. The highest BCUT2D eigenvalue weighted by molar-refractivity contribution is 6.32. The molecular weight excluding hydrogens is 331 g/mol. The fourth-order valence-corrected chi connectivity index (χ4v) is 2.20. The first-order chi connectivity index (χ1) is 10.8. The Morgan fingerprint density at radius 2 is 2.22 bits per heavy atom. The number of carbonyl (C=O) groups excluding carboxylic acids is 1. The maximum Gasteiger partial charge on any atom is 0.357 e. The van der Waals surface area contributed by atoms with Crippen molar-refractivity contribution in [2.45, 2.75) is 0 Å². The van der Waals surface area contributed by atoms with Crippen molar-refractivity contribution in [2.75, 3.05) is 12.8 Å². The van der Waals surface area contributed by atoms with Gasteiger partial charge in [-0.3, -0.25) is 10.1 Å². The van der Waals surface area contributed by atoms with Gasteiger partial charge < -0.3 is 15.0 Å². The molecule has 23 heavy (non-hydrogen) atoms. The summed E-state index contributed by atoms with van der Waals surface area (Å²) in [5.74, 6) is -2.03. The van der Waals surface area contributed by atoms with Crippen LogP contribution in [0.1, 0.15) is 16.1 Å². The standard InChI is InChI=1S/C13H8ClFN4O4/c1-23-13(20)12-11(17)6(4-16)5-18(12)9-3-8(15)10(19(21)22)2-7(9)14/h2-3,5H,17H2,1H3. The predicted octanol–water partition coefficient (Wildman–Crippen LogP) is 2.42. The van der Waals surface area contributed by atoms with Crippen LogP contribution in [0, 0.1) is 27.3 Å². The fraction of sp³-hybridized carbons (Fsp3) is 0.0769. The van der Waals surface area contributed by atoms with Crippen LogP contribution in [0.5, 0.6) is 0 Å². The lowest BCUT2D eigenvalue weighted by Crippen LogP contribution is -2.11. The first-order valence-corrected chi connectivity index (χ1v) is 6.32. The molecule has 8 nitrogen and oxygen atoms in total. The molecule has 0 amide bonds. The Hall–Kier alpha value is -3.12. The van der Waals surface area contributed by atoms with Crippen molar-refractivity contribution in [3.8, 4) is 11.8 Å². The van der Waals surface area contributed by atoms with Gasteiger partial charge in [0.25, 0.3) is 0 Å². The van der Waals surface area contributed by atoms with Gasteiger partial charge in [-0.25, -0.2) is 4.79 Å². The van der Waals surface area contributed by atoms with E-state index < -0.39 is 22.4 Å². The van der Waals surface area contributed by atoms with Crippen LogP contribution in [0.4, 0.5) is 15.8 Å². The summed E-state index contributed by atoms with van der Waals surface area (Å²) in [6, 6.07) is 3.34. The Bertz CT molecular complexity index is 872. The zero-order chi connectivity index (χ0) is 17.3. The molecule has 0 aliphatic heterocycles. The number of anilines is 1. The molecule has 0 fully saturated rings. The average Bonchev–Trinajstić information content (AvgIpc) is 2.84. The minimum atomic E-state index is -1.16. The Morgan fingerprint density at radius 1 is 1.57 bits per heavy atom. The maximum atomic E-state index is 13.8. The zero-order valence-corrected chi connectivity index (χ0v) is 12.3. The molecule has 1 aromatic heterocycles. The molecule has 0 saturated carbocycles. The molecule has 2 rings (SSSR count). The SMILES string of the molecule is COC(=O)c1c(N)c(C#N)cn1-c1cc(F)c([N+](=O)[O-])cc1Cl. The minimum absolute atomic E-state index is 0.0553. The van der Waals surface area contributed by atoms with E-state index in [0.29, 0.717) is 0 Å². The molecule has 2 N–H and O–H groups in total. The number of ether oxygens (including phenoxy) is 1. The second-order valence-electron chi connectivity index (χ2n) is 4.29. The lowest BCUT2D eigenvalue weighted by molar-refractivity contribution is -0.387. The summed E-state index contributed by atoms with van der Waals surface area (Å²) in [5, 5.41) is 19.5. The Labute approximate surface area is 133 Å². The summed E-state index contributed by atoms with van der Waals surface area (Å²) < 4.78 is 19.5. The molecule has 0 atom stereocenters. The number of nitrogens with zero attached hydrogens (tertiary/aromatic N) is 3. The summed E-state index contributed by atoms with van der Waals surface area (Å²) in [6.07, 6.45) is 1.16. The van der Waals surface area contributed by atoms with Gasteiger partial charge in [-0.15, -0.1) is 0 Å². The van der Waals surface area contributed by atoms with Gasteiger partial charge in [0.15, 0.2) is 5.69 Å². The van der Waals surface area contributed by atoms with Crippen molar-refractivity contribution in [3.63, 3.8) is 0 Å². The number of hydrogen-bond acceptors (Lipinski definition) is 6. The number of esters is 1. The Morgan fingerprint density at radius 3 is 2.74 bits per heavy atom. The number of benzene rings is 1. The maximum absolute atomic E-state index is 13.8. The molecule has 0 bridgehead atoms. The number of nitro benzene ring substituents is 1. The lowest BCUT2D eigenvalue weighted by Gasteiger charge is -2.10. The first-order valence-electron chi connectivity index (χ1n) is 5.94. The molecule has 0 radical (unpaired) electrons. The third-order valence-corrected chi connectivity index (χ3v) is 3.32. The summed E-state index contributed by atoms with van der Waals surface area (Å²) in [7, 11) is 1.10. The highest BCUT2D eigenvalue weighted by Crippen LogP contribution is 2.32. The number of rotatable bonds is 3. The molecule has 0 aliphatic carbocycles. The topological polar surface area (TPSA) is 124 Å². The number of nitriles is 1. The van der Waals surface area contributed by atoms with Gasteiger partial charge in [-0.05, 0) is 0 Å². The first kappa shape index (κ1) is 16.3. The van der Waals surface area contributed by atoms with Crippen LogP contribution in [-0.2, 0) is 4.74 Å². The van der Waals surface area contributed by atoms with Crippen LogP contribution >= 0.6 is 11.6 Å². The third kappa shape index (κ3) is 2.67. The van der Waals surface area contributed by atoms with E-state index in [4.69, 9.17) is 22.6 Å². The zero-order valence-electron chi connectivity index (χ0n) is 11.5. The number of aromatic nitrogens is 1. The molecule has 1 heterocycles. The van der Waals surface area contributed by atoms with Crippen LogP contribution in [0.15, 0.2) is 18.3 Å². The number of methoxy groups -OCH3 is 1. The minimum Gasteiger partial charge on any atom is -0.464 e. The number of carbonyl (C=O) groups is 1. The van der Waals surface area contributed by atoms with Crippen LogP contribution in [0.25, 0.3) is 5.69 Å². The van der Waals surface area contributed by atoms with Gasteiger partial charge in [0, 0.05) is 18.3 Å². The van der Waals surface area contributed by atoms with Crippen molar-refractivity contribution in [1.82, 2.24) is 4.57 Å². The molecule has 2 aromatic rings. The monoisotopic (exact) mass is 338 g/mol. The quantitative estimate of drug-likeness (QED) is 0.520. The number of halogens is 2. The van der Waals surface area contributed by atoms with Crippen LogP contribution in [0.3, 0.4) is 0 Å². The van der Waals surface area contributed by atoms with Crippen LogP contribution < -0.4 is 5.73 Å².